The van der Waals surface area contributed by atoms with Gasteiger partial charge in [0.25, 0.3) is 0 Å². The van der Waals surface area contributed by atoms with Crippen LogP contribution in [0.2, 0.25) is 0 Å². The maximum Gasteiger partial charge on any atom is 0.175 e. The Morgan fingerprint density at radius 3 is 2.50 bits per heavy atom. The van der Waals surface area contributed by atoms with Crippen LogP contribution in [-0.4, -0.2) is 10.4 Å². The van der Waals surface area contributed by atoms with Crippen molar-refractivity contribution in [2.75, 3.05) is 0 Å². The van der Waals surface area contributed by atoms with Crippen molar-refractivity contribution in [3.8, 4) is 0 Å². The van der Waals surface area contributed by atoms with Crippen LogP contribution >= 0.6 is 11.6 Å². The predicted molar refractivity (Wildman–Crippen MR) is 40.5 cm³/mol. The van der Waals surface area contributed by atoms with Gasteiger partial charge in [-0.15, -0.1) is 0 Å². The van der Waals surface area contributed by atoms with E-state index in [0.717, 1.165) is 12.1 Å². The van der Waals surface area contributed by atoms with Gasteiger partial charge in [-0.05, 0) is 18.2 Å². The summed E-state index contributed by atoms with van der Waals surface area (Å²) in [5.74, 6) is -2.00. The third kappa shape index (κ3) is 1.71. The molecular weight excluding hydrogens is 188 g/mol. The van der Waals surface area contributed by atoms with E-state index in [2.05, 4.69) is 5.16 Å². The van der Waals surface area contributed by atoms with Gasteiger partial charge in [-0.2, -0.15) is 0 Å². The molecule has 0 atom stereocenters. The molecule has 0 unspecified atom stereocenters. The number of oxime groups is 1. The van der Waals surface area contributed by atoms with Gasteiger partial charge in [0.2, 0.25) is 0 Å². The topological polar surface area (TPSA) is 32.6 Å². The van der Waals surface area contributed by atoms with E-state index in [1.165, 1.54) is 6.07 Å². The third-order valence-electron chi connectivity index (χ3n) is 1.25. The summed E-state index contributed by atoms with van der Waals surface area (Å²) in [4.78, 5) is 0. The summed E-state index contributed by atoms with van der Waals surface area (Å²) < 4.78 is 24.9. The summed E-state index contributed by atoms with van der Waals surface area (Å²) in [6.45, 7) is 0. The first-order valence-corrected chi connectivity index (χ1v) is 3.36. The molecule has 0 aliphatic carbocycles. The van der Waals surface area contributed by atoms with Crippen molar-refractivity contribution in [1.29, 1.82) is 0 Å². The molecule has 0 saturated heterocycles. The molecule has 12 heavy (non-hydrogen) atoms. The molecule has 0 heterocycles. The lowest BCUT2D eigenvalue weighted by atomic mass is 10.2. The largest absolute Gasteiger partial charge is 0.410 e. The van der Waals surface area contributed by atoms with Gasteiger partial charge in [0.15, 0.2) is 16.8 Å². The molecule has 1 aromatic rings. The van der Waals surface area contributed by atoms with E-state index in [1.54, 1.807) is 0 Å². The van der Waals surface area contributed by atoms with E-state index in [9.17, 15) is 8.78 Å². The fraction of sp³-hybridized carbons (Fsp3) is 0. The minimum absolute atomic E-state index is 0.123. The molecule has 0 aliphatic rings. The van der Waals surface area contributed by atoms with Crippen LogP contribution < -0.4 is 0 Å². The van der Waals surface area contributed by atoms with E-state index in [1.807, 2.05) is 0 Å². The van der Waals surface area contributed by atoms with Crippen LogP contribution in [-0.2, 0) is 0 Å². The van der Waals surface area contributed by atoms with Gasteiger partial charge in [-0.25, -0.2) is 8.78 Å². The third-order valence-corrected chi connectivity index (χ3v) is 1.54. The maximum absolute atomic E-state index is 12.5. The van der Waals surface area contributed by atoms with Crippen molar-refractivity contribution in [2.45, 2.75) is 0 Å². The Labute approximate surface area is 72.1 Å². The van der Waals surface area contributed by atoms with Crippen molar-refractivity contribution >= 4 is 16.8 Å². The average molecular weight is 192 g/mol. The Balaban J connectivity index is 3.13. The first-order valence-electron chi connectivity index (χ1n) is 2.98. The van der Waals surface area contributed by atoms with Crippen LogP contribution in [0.1, 0.15) is 5.56 Å². The summed E-state index contributed by atoms with van der Waals surface area (Å²) in [5, 5.41) is 10.5. The van der Waals surface area contributed by atoms with E-state index in [0.29, 0.717) is 0 Å². The van der Waals surface area contributed by atoms with Crippen molar-refractivity contribution < 1.29 is 14.0 Å². The molecule has 0 radical (unpaired) electrons. The number of halogens is 3. The fourth-order valence-corrected chi connectivity index (χ4v) is 0.800. The molecule has 1 rings (SSSR count). The molecule has 0 saturated carbocycles. The highest BCUT2D eigenvalue weighted by molar-refractivity contribution is 6.69. The predicted octanol–water partition coefficient (Wildman–Crippen LogP) is 2.34. The van der Waals surface area contributed by atoms with Gasteiger partial charge >= 0.3 is 0 Å². The summed E-state index contributed by atoms with van der Waals surface area (Å²) in [6, 6.07) is 2.95. The molecule has 0 bridgehead atoms. The zero-order valence-corrected chi connectivity index (χ0v) is 6.52. The molecule has 0 fully saturated rings. The van der Waals surface area contributed by atoms with E-state index < -0.39 is 11.6 Å². The molecular formula is C7H4ClF2NO. The van der Waals surface area contributed by atoms with Gasteiger partial charge in [-0.1, -0.05) is 16.8 Å². The second-order valence-corrected chi connectivity index (χ2v) is 2.38. The highest BCUT2D eigenvalue weighted by Gasteiger charge is 2.05. The highest BCUT2D eigenvalue weighted by atomic mass is 35.5. The summed E-state index contributed by atoms with van der Waals surface area (Å²) >= 11 is 5.33. The monoisotopic (exact) mass is 191 g/mol. The van der Waals surface area contributed by atoms with Gasteiger partial charge in [0.05, 0.1) is 0 Å². The number of hydrogen-bond donors (Lipinski definition) is 1. The van der Waals surface area contributed by atoms with Crippen LogP contribution in [0.15, 0.2) is 23.4 Å². The van der Waals surface area contributed by atoms with Gasteiger partial charge in [0.1, 0.15) is 0 Å². The van der Waals surface area contributed by atoms with E-state index in [-0.39, 0.29) is 10.7 Å². The van der Waals surface area contributed by atoms with E-state index >= 15 is 0 Å². The molecule has 1 N–H and O–H groups in total. The van der Waals surface area contributed by atoms with Crippen molar-refractivity contribution in [3.05, 3.63) is 35.4 Å². The zero-order valence-electron chi connectivity index (χ0n) is 5.76. The first-order chi connectivity index (χ1) is 5.65. The maximum atomic E-state index is 12.5. The van der Waals surface area contributed by atoms with Gasteiger partial charge < -0.3 is 5.21 Å². The molecule has 0 aliphatic heterocycles. The highest BCUT2D eigenvalue weighted by Crippen LogP contribution is 2.10. The van der Waals surface area contributed by atoms with Gasteiger partial charge in [-0.3, -0.25) is 0 Å². The summed E-state index contributed by atoms with van der Waals surface area (Å²) in [7, 11) is 0. The lowest BCUT2D eigenvalue weighted by Gasteiger charge is -1.96. The number of rotatable bonds is 1. The lowest BCUT2D eigenvalue weighted by Crippen LogP contribution is -1.93. The second-order valence-electron chi connectivity index (χ2n) is 2.02. The normalized spacial score (nSPS) is 11.8. The first kappa shape index (κ1) is 8.93. The van der Waals surface area contributed by atoms with Gasteiger partial charge in [0, 0.05) is 5.56 Å². The second kappa shape index (κ2) is 3.49. The Kier molecular flexibility index (Phi) is 2.60. The van der Waals surface area contributed by atoms with Crippen LogP contribution in [0, 0.1) is 11.6 Å². The summed E-state index contributed by atoms with van der Waals surface area (Å²) in [6.07, 6.45) is 0. The van der Waals surface area contributed by atoms with Crippen LogP contribution in [0.3, 0.4) is 0 Å². The summed E-state index contributed by atoms with van der Waals surface area (Å²) in [5.41, 5.74) is 0.123. The Bertz CT molecular complexity index is 327. The smallest absolute Gasteiger partial charge is 0.175 e. The van der Waals surface area contributed by atoms with Crippen LogP contribution in [0.25, 0.3) is 0 Å². The molecule has 0 amide bonds. The molecule has 64 valence electrons. The van der Waals surface area contributed by atoms with Crippen LogP contribution in [0.4, 0.5) is 8.78 Å². The number of nitrogens with zero attached hydrogens (tertiary/aromatic N) is 1. The van der Waals surface area contributed by atoms with E-state index in [4.69, 9.17) is 16.8 Å². The Morgan fingerprint density at radius 1 is 1.33 bits per heavy atom. The van der Waals surface area contributed by atoms with Crippen molar-refractivity contribution in [1.82, 2.24) is 0 Å². The standard InChI is InChI=1S/C7H4ClF2NO/c8-7(11-12)4-1-2-5(9)6(10)3-4/h1-3,12H. The Hall–Kier alpha value is -1.16. The van der Waals surface area contributed by atoms with Crippen molar-refractivity contribution in [2.24, 2.45) is 5.16 Å². The molecule has 2 nitrogen and oxygen atoms in total. The minimum Gasteiger partial charge on any atom is -0.410 e. The average Bonchev–Trinajstić information content (AvgIpc) is 2.08. The molecule has 0 aromatic heterocycles. The SMILES string of the molecule is ON=C(Cl)c1ccc(F)c(F)c1. The zero-order chi connectivity index (χ0) is 9.14. The number of benzene rings is 1. The molecule has 5 heteroatoms. The number of hydrogen-bond acceptors (Lipinski definition) is 2. The van der Waals surface area contributed by atoms with Crippen molar-refractivity contribution in [3.63, 3.8) is 0 Å². The minimum atomic E-state index is -1.03. The lowest BCUT2D eigenvalue weighted by molar-refractivity contribution is 0.321. The van der Waals surface area contributed by atoms with Crippen LogP contribution in [0.5, 0.6) is 0 Å². The Morgan fingerprint density at radius 2 is 2.00 bits per heavy atom. The fourth-order valence-electron chi connectivity index (χ4n) is 0.682. The quantitative estimate of drug-likeness (QED) is 0.413. The molecule has 0 spiro atoms. The molecule has 1 aromatic carbocycles.